The van der Waals surface area contributed by atoms with Gasteiger partial charge in [-0.15, -0.1) is 0 Å². The lowest BCUT2D eigenvalue weighted by Gasteiger charge is -2.33. The van der Waals surface area contributed by atoms with Crippen molar-refractivity contribution in [3.8, 4) is 0 Å². The van der Waals surface area contributed by atoms with Gasteiger partial charge in [0.25, 0.3) is 0 Å². The van der Waals surface area contributed by atoms with Crippen LogP contribution < -0.4 is 9.62 Å². The molecular weight excluding hydrogens is 486 g/mol. The molecule has 0 bridgehead atoms. The number of nitrogens with one attached hydrogen (secondary N) is 1. The minimum atomic E-state index is -3.76. The van der Waals surface area contributed by atoms with Gasteiger partial charge in [-0.1, -0.05) is 61.7 Å². The lowest BCUT2D eigenvalue weighted by molar-refractivity contribution is -0.140. The second-order valence-electron chi connectivity index (χ2n) is 8.78. The van der Waals surface area contributed by atoms with Crippen molar-refractivity contribution in [2.45, 2.75) is 59.5 Å². The van der Waals surface area contributed by atoms with E-state index in [1.165, 1.54) is 4.90 Å². The first-order valence-electron chi connectivity index (χ1n) is 11.8. The Morgan fingerprint density at radius 2 is 1.71 bits per heavy atom. The van der Waals surface area contributed by atoms with Crippen molar-refractivity contribution in [2.75, 3.05) is 23.7 Å². The van der Waals surface area contributed by atoms with Crippen molar-refractivity contribution in [1.82, 2.24) is 10.2 Å². The molecule has 192 valence electrons. The highest BCUT2D eigenvalue weighted by Crippen LogP contribution is 2.24. The Morgan fingerprint density at radius 3 is 2.26 bits per heavy atom. The van der Waals surface area contributed by atoms with Gasteiger partial charge >= 0.3 is 0 Å². The van der Waals surface area contributed by atoms with Crippen molar-refractivity contribution in [1.29, 1.82) is 0 Å². The summed E-state index contributed by atoms with van der Waals surface area (Å²) in [7, 11) is -3.76. The van der Waals surface area contributed by atoms with E-state index < -0.39 is 28.5 Å². The van der Waals surface area contributed by atoms with E-state index in [-0.39, 0.29) is 12.5 Å². The lowest BCUT2D eigenvalue weighted by atomic mass is 10.1. The SMILES string of the molecule is CCCCNC(=O)C(CC)N(Cc1ccc(Cl)cc1)C(=O)CN(c1ccc(C)cc1C)S(C)(=O)=O. The van der Waals surface area contributed by atoms with Gasteiger partial charge in [-0.3, -0.25) is 13.9 Å². The van der Waals surface area contributed by atoms with Gasteiger partial charge in [0.15, 0.2) is 0 Å². The van der Waals surface area contributed by atoms with E-state index in [0.717, 1.165) is 40.1 Å². The summed E-state index contributed by atoms with van der Waals surface area (Å²) in [6.07, 6.45) is 3.24. The Labute approximate surface area is 214 Å². The predicted octanol–water partition coefficient (Wildman–Crippen LogP) is 4.45. The van der Waals surface area contributed by atoms with Gasteiger partial charge < -0.3 is 10.2 Å². The molecule has 0 radical (unpaired) electrons. The number of nitrogens with zero attached hydrogens (tertiary/aromatic N) is 2. The smallest absolute Gasteiger partial charge is 0.244 e. The monoisotopic (exact) mass is 521 g/mol. The van der Waals surface area contributed by atoms with Crippen LogP contribution in [0.15, 0.2) is 42.5 Å². The van der Waals surface area contributed by atoms with Crippen LogP contribution in [-0.4, -0.2) is 50.5 Å². The molecular formula is C26H36ClN3O4S. The first-order chi connectivity index (χ1) is 16.5. The molecule has 1 unspecified atom stereocenters. The molecule has 0 heterocycles. The Balaban J connectivity index is 2.42. The minimum Gasteiger partial charge on any atom is -0.354 e. The average Bonchev–Trinajstić information content (AvgIpc) is 2.78. The van der Waals surface area contributed by atoms with E-state index in [1.54, 1.807) is 30.3 Å². The maximum absolute atomic E-state index is 13.7. The summed E-state index contributed by atoms with van der Waals surface area (Å²) in [5.41, 5.74) is 2.97. The van der Waals surface area contributed by atoms with E-state index in [1.807, 2.05) is 39.8 Å². The number of hydrogen-bond acceptors (Lipinski definition) is 4. The van der Waals surface area contributed by atoms with Crippen molar-refractivity contribution in [3.63, 3.8) is 0 Å². The summed E-state index contributed by atoms with van der Waals surface area (Å²) in [6, 6.07) is 11.7. The van der Waals surface area contributed by atoms with Crippen LogP contribution in [0.5, 0.6) is 0 Å². The fourth-order valence-corrected chi connectivity index (χ4v) is 4.93. The molecule has 2 amide bonds. The molecule has 0 aliphatic rings. The Hall–Kier alpha value is -2.58. The molecule has 0 aliphatic carbocycles. The van der Waals surface area contributed by atoms with E-state index >= 15 is 0 Å². The molecule has 0 fully saturated rings. The Bertz CT molecular complexity index is 1120. The van der Waals surface area contributed by atoms with Crippen molar-refractivity contribution >= 4 is 39.1 Å². The number of anilines is 1. The molecule has 7 nitrogen and oxygen atoms in total. The number of unbranched alkanes of at least 4 members (excludes halogenated alkanes) is 1. The highest BCUT2D eigenvalue weighted by Gasteiger charge is 2.32. The molecule has 0 saturated carbocycles. The number of benzene rings is 2. The third kappa shape index (κ3) is 8.25. The third-order valence-corrected chi connectivity index (χ3v) is 7.16. The number of halogens is 1. The zero-order chi connectivity index (χ0) is 26.2. The minimum absolute atomic E-state index is 0.153. The molecule has 2 aromatic carbocycles. The molecule has 0 saturated heterocycles. The highest BCUT2D eigenvalue weighted by atomic mass is 35.5. The van der Waals surface area contributed by atoms with E-state index in [9.17, 15) is 18.0 Å². The van der Waals surface area contributed by atoms with Gasteiger partial charge in [0.1, 0.15) is 12.6 Å². The van der Waals surface area contributed by atoms with Gasteiger partial charge in [0, 0.05) is 18.1 Å². The van der Waals surface area contributed by atoms with Crippen LogP contribution in [0.4, 0.5) is 5.69 Å². The van der Waals surface area contributed by atoms with Gasteiger partial charge in [0.05, 0.1) is 11.9 Å². The largest absolute Gasteiger partial charge is 0.354 e. The van der Waals surface area contributed by atoms with Crippen LogP contribution >= 0.6 is 11.6 Å². The molecule has 35 heavy (non-hydrogen) atoms. The molecule has 1 N–H and O–H groups in total. The average molecular weight is 522 g/mol. The quantitative estimate of drug-likeness (QED) is 0.418. The standard InChI is InChI=1S/C26H36ClN3O4S/c1-6-8-15-28-26(32)23(7-2)29(17-21-10-12-22(27)13-11-21)25(31)18-30(35(5,33)34)24-14-9-19(3)16-20(24)4/h9-14,16,23H,6-8,15,17-18H2,1-5H3,(H,28,32). The summed E-state index contributed by atoms with van der Waals surface area (Å²) in [5.74, 6) is -0.705. The van der Waals surface area contributed by atoms with Crippen LogP contribution in [0.3, 0.4) is 0 Å². The topological polar surface area (TPSA) is 86.8 Å². The van der Waals surface area contributed by atoms with Crippen LogP contribution in [0.25, 0.3) is 0 Å². The molecule has 2 aromatic rings. The van der Waals surface area contributed by atoms with Crippen molar-refractivity contribution < 1.29 is 18.0 Å². The number of amides is 2. The molecule has 9 heteroatoms. The third-order valence-electron chi connectivity index (χ3n) is 5.78. The van der Waals surface area contributed by atoms with Crippen LogP contribution in [-0.2, 0) is 26.2 Å². The number of hydrogen-bond donors (Lipinski definition) is 1. The van der Waals surface area contributed by atoms with Gasteiger partial charge in [-0.25, -0.2) is 8.42 Å². The summed E-state index contributed by atoms with van der Waals surface area (Å²) < 4.78 is 26.6. The van der Waals surface area contributed by atoms with Gasteiger partial charge in [0.2, 0.25) is 21.8 Å². The first-order valence-corrected chi connectivity index (χ1v) is 14.1. The molecule has 0 aliphatic heterocycles. The number of sulfonamides is 1. The zero-order valence-electron chi connectivity index (χ0n) is 21.2. The Kier molecular flexibility index (Phi) is 10.6. The predicted molar refractivity (Wildman–Crippen MR) is 142 cm³/mol. The highest BCUT2D eigenvalue weighted by molar-refractivity contribution is 7.92. The molecule has 0 aromatic heterocycles. The molecule has 2 rings (SSSR count). The fraction of sp³-hybridized carbons (Fsp3) is 0.462. The molecule has 0 spiro atoms. The van der Waals surface area contributed by atoms with E-state index in [2.05, 4.69) is 5.32 Å². The maximum atomic E-state index is 13.7. The van der Waals surface area contributed by atoms with Crippen LogP contribution in [0.1, 0.15) is 49.8 Å². The molecule has 1 atom stereocenters. The summed E-state index contributed by atoms with van der Waals surface area (Å²) in [4.78, 5) is 28.2. The number of carbonyl (C=O) groups excluding carboxylic acids is 2. The fourth-order valence-electron chi connectivity index (χ4n) is 3.89. The summed E-state index contributed by atoms with van der Waals surface area (Å²) in [5, 5.41) is 3.47. The normalized spacial score (nSPS) is 12.2. The lowest BCUT2D eigenvalue weighted by Crippen LogP contribution is -2.52. The van der Waals surface area contributed by atoms with Gasteiger partial charge in [-0.2, -0.15) is 0 Å². The first kappa shape index (κ1) is 28.7. The van der Waals surface area contributed by atoms with Crippen molar-refractivity contribution in [2.24, 2.45) is 0 Å². The number of carbonyl (C=O) groups is 2. The van der Waals surface area contributed by atoms with E-state index in [4.69, 9.17) is 11.6 Å². The number of aryl methyl sites for hydroxylation is 2. The summed E-state index contributed by atoms with van der Waals surface area (Å²) >= 11 is 6.02. The number of rotatable bonds is 12. The zero-order valence-corrected chi connectivity index (χ0v) is 22.7. The second kappa shape index (κ2) is 12.9. The summed E-state index contributed by atoms with van der Waals surface area (Å²) in [6.45, 7) is 7.87. The Morgan fingerprint density at radius 1 is 1.06 bits per heavy atom. The maximum Gasteiger partial charge on any atom is 0.244 e. The van der Waals surface area contributed by atoms with E-state index in [0.29, 0.717) is 23.7 Å². The second-order valence-corrected chi connectivity index (χ2v) is 11.1. The van der Waals surface area contributed by atoms with Crippen LogP contribution in [0, 0.1) is 13.8 Å². The van der Waals surface area contributed by atoms with Crippen molar-refractivity contribution in [3.05, 3.63) is 64.2 Å². The van der Waals surface area contributed by atoms with Crippen LogP contribution in [0.2, 0.25) is 5.02 Å². The van der Waals surface area contributed by atoms with Gasteiger partial charge in [-0.05, 0) is 56.0 Å².